The molecule has 0 aliphatic carbocycles. The number of nitrogens with zero attached hydrogens (tertiary/aromatic N) is 2. The van der Waals surface area contributed by atoms with E-state index in [1.165, 1.54) is 22.8 Å². The van der Waals surface area contributed by atoms with Gasteiger partial charge in [0.2, 0.25) is 0 Å². The molecule has 0 aliphatic rings. The standard InChI is InChI=1S/C13H8BrFN2O/c1-8-4-5-17(13(18)10(8)7-16)12-3-2-9(15)6-11(12)14/h2-6H,1H3. The maximum atomic E-state index is 13.0. The van der Waals surface area contributed by atoms with Gasteiger partial charge in [0, 0.05) is 10.7 Å². The third-order valence-corrected chi connectivity index (χ3v) is 3.22. The van der Waals surface area contributed by atoms with Crippen molar-refractivity contribution in [1.29, 1.82) is 5.26 Å². The lowest BCUT2D eigenvalue weighted by Gasteiger charge is -2.09. The molecule has 0 N–H and O–H groups in total. The van der Waals surface area contributed by atoms with Crippen LogP contribution in [0.15, 0.2) is 39.7 Å². The van der Waals surface area contributed by atoms with Gasteiger partial charge < -0.3 is 0 Å². The molecule has 1 aromatic carbocycles. The van der Waals surface area contributed by atoms with Crippen LogP contribution >= 0.6 is 15.9 Å². The van der Waals surface area contributed by atoms with Crippen molar-refractivity contribution in [3.63, 3.8) is 0 Å². The molecule has 1 heterocycles. The Balaban J connectivity index is 2.74. The van der Waals surface area contributed by atoms with Gasteiger partial charge in [0.1, 0.15) is 17.4 Å². The van der Waals surface area contributed by atoms with Gasteiger partial charge in [-0.25, -0.2) is 4.39 Å². The highest BCUT2D eigenvalue weighted by atomic mass is 79.9. The maximum Gasteiger partial charge on any atom is 0.273 e. The number of hydrogen-bond donors (Lipinski definition) is 0. The fourth-order valence-corrected chi connectivity index (χ4v) is 2.17. The summed E-state index contributed by atoms with van der Waals surface area (Å²) in [5, 5.41) is 8.95. The highest BCUT2D eigenvalue weighted by Crippen LogP contribution is 2.21. The molecule has 0 saturated carbocycles. The molecular weight excluding hydrogens is 299 g/mol. The zero-order valence-corrected chi connectivity index (χ0v) is 11.0. The Labute approximate surface area is 111 Å². The Morgan fingerprint density at radius 2 is 2.11 bits per heavy atom. The van der Waals surface area contributed by atoms with Crippen molar-refractivity contribution >= 4 is 15.9 Å². The van der Waals surface area contributed by atoms with E-state index in [4.69, 9.17) is 5.26 Å². The van der Waals surface area contributed by atoms with Crippen LogP contribution in [0.2, 0.25) is 0 Å². The summed E-state index contributed by atoms with van der Waals surface area (Å²) >= 11 is 3.20. The van der Waals surface area contributed by atoms with Gasteiger partial charge in [0.25, 0.3) is 5.56 Å². The SMILES string of the molecule is Cc1ccn(-c2ccc(F)cc2Br)c(=O)c1C#N. The molecule has 5 heteroatoms. The average molecular weight is 307 g/mol. The van der Waals surface area contributed by atoms with Gasteiger partial charge in [-0.15, -0.1) is 0 Å². The Kier molecular flexibility index (Phi) is 3.30. The van der Waals surface area contributed by atoms with Crippen molar-refractivity contribution in [1.82, 2.24) is 4.57 Å². The predicted octanol–water partition coefficient (Wildman–Crippen LogP) is 2.92. The van der Waals surface area contributed by atoms with Crippen molar-refractivity contribution in [2.75, 3.05) is 0 Å². The molecule has 0 aliphatic heterocycles. The molecule has 90 valence electrons. The lowest BCUT2D eigenvalue weighted by Crippen LogP contribution is -2.21. The largest absolute Gasteiger partial charge is 0.282 e. The molecule has 0 amide bonds. The van der Waals surface area contributed by atoms with E-state index in [2.05, 4.69) is 15.9 Å². The number of pyridine rings is 1. The van der Waals surface area contributed by atoms with Crippen LogP contribution in [0.25, 0.3) is 5.69 Å². The summed E-state index contributed by atoms with van der Waals surface area (Å²) in [6, 6.07) is 7.58. The summed E-state index contributed by atoms with van der Waals surface area (Å²) in [7, 11) is 0. The second-order valence-electron chi connectivity index (χ2n) is 3.76. The van der Waals surface area contributed by atoms with Gasteiger partial charge in [-0.1, -0.05) is 0 Å². The van der Waals surface area contributed by atoms with E-state index in [1.807, 2.05) is 6.07 Å². The first-order valence-electron chi connectivity index (χ1n) is 5.12. The number of nitriles is 1. The van der Waals surface area contributed by atoms with Crippen LogP contribution in [-0.4, -0.2) is 4.57 Å². The first-order valence-corrected chi connectivity index (χ1v) is 5.91. The summed E-state index contributed by atoms with van der Waals surface area (Å²) < 4.78 is 14.8. The molecule has 1 aromatic heterocycles. The van der Waals surface area contributed by atoms with Crippen LogP contribution in [0.4, 0.5) is 4.39 Å². The van der Waals surface area contributed by atoms with Gasteiger partial charge in [0.15, 0.2) is 0 Å². The molecule has 18 heavy (non-hydrogen) atoms. The predicted molar refractivity (Wildman–Crippen MR) is 69.1 cm³/mol. The van der Waals surface area contributed by atoms with Gasteiger partial charge in [-0.2, -0.15) is 5.26 Å². The monoisotopic (exact) mass is 306 g/mol. The van der Waals surface area contributed by atoms with E-state index >= 15 is 0 Å². The highest BCUT2D eigenvalue weighted by molar-refractivity contribution is 9.10. The minimum Gasteiger partial charge on any atom is -0.282 e. The molecule has 2 aromatic rings. The smallest absolute Gasteiger partial charge is 0.273 e. The highest BCUT2D eigenvalue weighted by Gasteiger charge is 2.10. The molecule has 0 bridgehead atoms. The van der Waals surface area contributed by atoms with E-state index in [0.717, 1.165) is 0 Å². The zero-order chi connectivity index (χ0) is 13.3. The van der Waals surface area contributed by atoms with Crippen LogP contribution in [0.1, 0.15) is 11.1 Å². The van der Waals surface area contributed by atoms with Crippen LogP contribution in [0.3, 0.4) is 0 Å². The number of aromatic nitrogens is 1. The average Bonchev–Trinajstić information content (AvgIpc) is 2.31. The van der Waals surface area contributed by atoms with E-state index in [0.29, 0.717) is 15.7 Å². The van der Waals surface area contributed by atoms with Crippen LogP contribution < -0.4 is 5.56 Å². The summed E-state index contributed by atoms with van der Waals surface area (Å²) in [4.78, 5) is 12.1. The molecule has 3 nitrogen and oxygen atoms in total. The summed E-state index contributed by atoms with van der Waals surface area (Å²) in [6.45, 7) is 1.70. The van der Waals surface area contributed by atoms with Gasteiger partial charge in [0.05, 0.1) is 5.69 Å². The Hall–Kier alpha value is -1.93. The normalized spacial score (nSPS) is 10.1. The van der Waals surface area contributed by atoms with Crippen molar-refractivity contribution < 1.29 is 4.39 Å². The van der Waals surface area contributed by atoms with Gasteiger partial charge in [-0.3, -0.25) is 9.36 Å². The molecule has 2 rings (SSSR count). The Morgan fingerprint density at radius 3 is 2.72 bits per heavy atom. The molecule has 0 radical (unpaired) electrons. The number of benzene rings is 1. The van der Waals surface area contributed by atoms with Crippen molar-refractivity contribution in [3.8, 4) is 11.8 Å². The minimum atomic E-state index is -0.412. The quantitative estimate of drug-likeness (QED) is 0.813. The fourth-order valence-electron chi connectivity index (χ4n) is 1.63. The van der Waals surface area contributed by atoms with Gasteiger partial charge >= 0.3 is 0 Å². The Morgan fingerprint density at radius 1 is 1.39 bits per heavy atom. The van der Waals surface area contributed by atoms with E-state index in [1.54, 1.807) is 19.2 Å². The van der Waals surface area contributed by atoms with E-state index < -0.39 is 11.4 Å². The van der Waals surface area contributed by atoms with Gasteiger partial charge in [-0.05, 0) is 52.7 Å². The van der Waals surface area contributed by atoms with Crippen LogP contribution in [0, 0.1) is 24.1 Å². The molecule has 0 spiro atoms. The molecule has 0 saturated heterocycles. The lowest BCUT2D eigenvalue weighted by molar-refractivity contribution is 0.626. The summed E-state index contributed by atoms with van der Waals surface area (Å²) in [6.07, 6.45) is 1.57. The molecule has 0 atom stereocenters. The minimum absolute atomic E-state index is 0.0914. The van der Waals surface area contributed by atoms with Crippen LogP contribution in [0.5, 0.6) is 0 Å². The van der Waals surface area contributed by atoms with Crippen LogP contribution in [-0.2, 0) is 0 Å². The molecule has 0 unspecified atom stereocenters. The first kappa shape index (κ1) is 12.5. The third kappa shape index (κ3) is 2.07. The van der Waals surface area contributed by atoms with E-state index in [-0.39, 0.29) is 5.56 Å². The maximum absolute atomic E-state index is 13.0. The zero-order valence-electron chi connectivity index (χ0n) is 9.45. The third-order valence-electron chi connectivity index (χ3n) is 2.58. The second kappa shape index (κ2) is 4.75. The number of halogens is 2. The number of hydrogen-bond acceptors (Lipinski definition) is 2. The summed E-state index contributed by atoms with van der Waals surface area (Å²) in [5.74, 6) is -0.397. The molecule has 0 fully saturated rings. The lowest BCUT2D eigenvalue weighted by atomic mass is 10.1. The molecular formula is C13H8BrFN2O. The number of rotatable bonds is 1. The van der Waals surface area contributed by atoms with Crippen molar-refractivity contribution in [3.05, 3.63) is 62.2 Å². The fraction of sp³-hybridized carbons (Fsp3) is 0.0769. The second-order valence-corrected chi connectivity index (χ2v) is 4.61. The van der Waals surface area contributed by atoms with E-state index in [9.17, 15) is 9.18 Å². The summed E-state index contributed by atoms with van der Waals surface area (Å²) in [5.41, 5.74) is 0.799. The number of aryl methyl sites for hydroxylation is 1. The van der Waals surface area contributed by atoms with Crippen molar-refractivity contribution in [2.45, 2.75) is 6.92 Å². The topological polar surface area (TPSA) is 45.8 Å². The Bertz CT molecular complexity index is 716. The first-order chi connectivity index (χ1) is 8.54. The van der Waals surface area contributed by atoms with Crippen molar-refractivity contribution in [2.24, 2.45) is 0 Å².